The van der Waals surface area contributed by atoms with Crippen molar-refractivity contribution in [2.45, 2.75) is 13.5 Å². The van der Waals surface area contributed by atoms with Gasteiger partial charge in [0.05, 0.1) is 14.2 Å². The lowest BCUT2D eigenvalue weighted by Crippen LogP contribution is -2.28. The van der Waals surface area contributed by atoms with Gasteiger partial charge in [0.25, 0.3) is 5.91 Å². The van der Waals surface area contributed by atoms with Crippen LogP contribution in [0, 0.1) is 6.92 Å². The van der Waals surface area contributed by atoms with Crippen LogP contribution in [0.25, 0.3) is 0 Å². The first-order chi connectivity index (χ1) is 12.5. The topological polar surface area (TPSA) is 94.1 Å². The zero-order valence-corrected chi connectivity index (χ0v) is 14.9. The van der Waals surface area contributed by atoms with Gasteiger partial charge in [0.1, 0.15) is 11.3 Å². The summed E-state index contributed by atoms with van der Waals surface area (Å²) in [5.74, 6) is -0.217. The Morgan fingerprint density at radius 2 is 1.81 bits per heavy atom. The molecule has 2 aromatic carbocycles. The number of carbonyl (C=O) groups is 2. The van der Waals surface area contributed by atoms with E-state index >= 15 is 0 Å². The molecule has 0 aliphatic rings. The number of nitrogens with one attached hydrogen (secondary N) is 1. The Morgan fingerprint density at radius 1 is 1.08 bits per heavy atom. The van der Waals surface area contributed by atoms with Gasteiger partial charge in [0.2, 0.25) is 0 Å². The van der Waals surface area contributed by atoms with Crippen LogP contribution in [0.2, 0.25) is 0 Å². The van der Waals surface area contributed by atoms with Crippen LogP contribution < -0.4 is 14.8 Å². The highest BCUT2D eigenvalue weighted by atomic mass is 16.5. The minimum absolute atomic E-state index is 0.0256. The fraction of sp³-hybridized carbons (Fsp3) is 0.263. The van der Waals surface area contributed by atoms with Crippen molar-refractivity contribution in [3.8, 4) is 17.2 Å². The van der Waals surface area contributed by atoms with E-state index in [2.05, 4.69) is 5.32 Å². The van der Waals surface area contributed by atoms with E-state index in [1.165, 1.54) is 13.2 Å². The summed E-state index contributed by atoms with van der Waals surface area (Å²) >= 11 is 0. The summed E-state index contributed by atoms with van der Waals surface area (Å²) in [4.78, 5) is 23.8. The molecule has 2 N–H and O–H groups in total. The lowest BCUT2D eigenvalue weighted by molar-refractivity contribution is -0.124. The number of phenols is 1. The second-order valence-corrected chi connectivity index (χ2v) is 5.51. The first-order valence-electron chi connectivity index (χ1n) is 7.89. The molecule has 7 heteroatoms. The maximum atomic E-state index is 12.0. The number of para-hydroxylation sites is 1. The molecule has 26 heavy (non-hydrogen) atoms. The van der Waals surface area contributed by atoms with Gasteiger partial charge in [-0.2, -0.15) is 0 Å². The van der Waals surface area contributed by atoms with Crippen molar-refractivity contribution in [3.63, 3.8) is 0 Å². The molecule has 0 unspecified atom stereocenters. The third-order valence-corrected chi connectivity index (χ3v) is 3.73. The first-order valence-corrected chi connectivity index (χ1v) is 7.89. The maximum absolute atomic E-state index is 12.0. The summed E-state index contributed by atoms with van der Waals surface area (Å²) in [5.41, 5.74) is 1.38. The molecule has 0 fully saturated rings. The molecule has 0 heterocycles. The fourth-order valence-corrected chi connectivity index (χ4v) is 2.27. The number of benzene rings is 2. The number of hydrogen-bond acceptors (Lipinski definition) is 6. The number of esters is 1. The van der Waals surface area contributed by atoms with Gasteiger partial charge in [-0.05, 0) is 36.2 Å². The van der Waals surface area contributed by atoms with Crippen LogP contribution in [0.1, 0.15) is 21.5 Å². The van der Waals surface area contributed by atoms with Crippen LogP contribution in [-0.2, 0) is 16.1 Å². The van der Waals surface area contributed by atoms with Gasteiger partial charge in [-0.1, -0.05) is 18.2 Å². The van der Waals surface area contributed by atoms with Gasteiger partial charge in [-0.25, -0.2) is 4.79 Å². The summed E-state index contributed by atoms with van der Waals surface area (Å²) in [5, 5.41) is 12.5. The molecule has 0 bridgehead atoms. The maximum Gasteiger partial charge on any atom is 0.342 e. The zero-order chi connectivity index (χ0) is 19.1. The molecule has 0 atom stereocenters. The molecule has 7 nitrogen and oxygen atoms in total. The number of carbonyl (C=O) groups excluding carboxylic acids is 2. The molecule has 2 rings (SSSR count). The van der Waals surface area contributed by atoms with Crippen molar-refractivity contribution < 1.29 is 28.9 Å². The van der Waals surface area contributed by atoms with Gasteiger partial charge >= 0.3 is 5.97 Å². The Hall–Kier alpha value is -3.22. The first kappa shape index (κ1) is 19.1. The normalized spacial score (nSPS) is 10.1. The summed E-state index contributed by atoms with van der Waals surface area (Å²) in [7, 11) is 3.07. The molecule has 0 saturated carbocycles. The molecule has 0 aliphatic carbocycles. The highest BCUT2D eigenvalue weighted by Crippen LogP contribution is 2.27. The van der Waals surface area contributed by atoms with Crippen LogP contribution in [0.3, 0.4) is 0 Å². The summed E-state index contributed by atoms with van der Waals surface area (Å²) in [6, 6.07) is 10.0. The Balaban J connectivity index is 1.87. The van der Waals surface area contributed by atoms with Crippen molar-refractivity contribution in [3.05, 3.63) is 53.1 Å². The Labute approximate surface area is 151 Å². The Morgan fingerprint density at radius 3 is 2.50 bits per heavy atom. The minimum Gasteiger partial charge on any atom is -0.507 e. The quantitative estimate of drug-likeness (QED) is 0.736. The summed E-state index contributed by atoms with van der Waals surface area (Å²) in [6.07, 6.45) is 0. The number of aromatic hydroxyl groups is 1. The highest BCUT2D eigenvalue weighted by molar-refractivity contribution is 5.94. The number of hydrogen-bond donors (Lipinski definition) is 2. The molecular weight excluding hydrogens is 338 g/mol. The van der Waals surface area contributed by atoms with Gasteiger partial charge in [0.15, 0.2) is 18.1 Å². The lowest BCUT2D eigenvalue weighted by atomic mass is 10.1. The summed E-state index contributed by atoms with van der Waals surface area (Å²) < 4.78 is 15.3. The SMILES string of the molecule is COc1ccc(CNC(=O)COC(=O)c2cccc(C)c2O)cc1OC. The van der Waals surface area contributed by atoms with Crippen LogP contribution in [0.15, 0.2) is 36.4 Å². The van der Waals surface area contributed by atoms with E-state index in [9.17, 15) is 14.7 Å². The van der Waals surface area contributed by atoms with Crippen molar-refractivity contribution in [1.29, 1.82) is 0 Å². The zero-order valence-electron chi connectivity index (χ0n) is 14.9. The standard InChI is InChI=1S/C19H21NO6/c1-12-5-4-6-14(18(12)22)19(23)26-11-17(21)20-10-13-7-8-15(24-2)16(9-13)25-3/h4-9,22H,10-11H2,1-3H3,(H,20,21). The fourth-order valence-electron chi connectivity index (χ4n) is 2.27. The van der Waals surface area contributed by atoms with E-state index < -0.39 is 18.5 Å². The molecule has 0 spiro atoms. The lowest BCUT2D eigenvalue weighted by Gasteiger charge is -2.11. The highest BCUT2D eigenvalue weighted by Gasteiger charge is 2.15. The number of rotatable bonds is 7. The number of amides is 1. The molecule has 0 radical (unpaired) electrons. The van der Waals surface area contributed by atoms with Gasteiger partial charge in [0, 0.05) is 6.54 Å². The van der Waals surface area contributed by atoms with Gasteiger partial charge in [-0.3, -0.25) is 4.79 Å². The van der Waals surface area contributed by atoms with Crippen molar-refractivity contribution >= 4 is 11.9 Å². The number of aryl methyl sites for hydroxylation is 1. The van der Waals surface area contributed by atoms with Gasteiger partial charge in [-0.15, -0.1) is 0 Å². The van der Waals surface area contributed by atoms with Gasteiger partial charge < -0.3 is 24.6 Å². The molecule has 0 saturated heterocycles. The largest absolute Gasteiger partial charge is 0.507 e. The predicted octanol–water partition coefficient (Wildman–Crippen LogP) is 2.19. The van der Waals surface area contributed by atoms with Crippen LogP contribution >= 0.6 is 0 Å². The van der Waals surface area contributed by atoms with E-state index in [1.807, 2.05) is 0 Å². The molecule has 0 aromatic heterocycles. The number of phenolic OH excluding ortho intramolecular Hbond substituents is 1. The number of methoxy groups -OCH3 is 2. The average molecular weight is 359 g/mol. The second-order valence-electron chi connectivity index (χ2n) is 5.51. The molecule has 138 valence electrons. The smallest absolute Gasteiger partial charge is 0.342 e. The van der Waals surface area contributed by atoms with Crippen LogP contribution in [0.5, 0.6) is 17.2 Å². The van der Waals surface area contributed by atoms with Crippen molar-refractivity contribution in [2.24, 2.45) is 0 Å². The molecule has 1 amide bonds. The van der Waals surface area contributed by atoms with E-state index in [0.717, 1.165) is 5.56 Å². The van der Waals surface area contributed by atoms with Crippen LogP contribution in [0.4, 0.5) is 0 Å². The van der Waals surface area contributed by atoms with E-state index in [4.69, 9.17) is 14.2 Å². The Bertz CT molecular complexity index is 803. The van der Waals surface area contributed by atoms with E-state index in [1.54, 1.807) is 44.4 Å². The molecular formula is C19H21NO6. The predicted molar refractivity (Wildman–Crippen MR) is 94.5 cm³/mol. The Kier molecular flexibility index (Phi) is 6.43. The average Bonchev–Trinajstić information content (AvgIpc) is 2.66. The van der Waals surface area contributed by atoms with E-state index in [-0.39, 0.29) is 17.9 Å². The second kappa shape index (κ2) is 8.75. The third-order valence-electron chi connectivity index (χ3n) is 3.73. The molecule has 0 aliphatic heterocycles. The monoisotopic (exact) mass is 359 g/mol. The summed E-state index contributed by atoms with van der Waals surface area (Å²) in [6.45, 7) is 1.47. The number of ether oxygens (including phenoxy) is 3. The third kappa shape index (κ3) is 4.66. The molecule has 2 aromatic rings. The van der Waals surface area contributed by atoms with Crippen molar-refractivity contribution in [1.82, 2.24) is 5.32 Å². The minimum atomic E-state index is -0.757. The van der Waals surface area contributed by atoms with Crippen LogP contribution in [-0.4, -0.2) is 37.8 Å². The van der Waals surface area contributed by atoms with E-state index in [0.29, 0.717) is 17.1 Å². The van der Waals surface area contributed by atoms with Crippen molar-refractivity contribution in [2.75, 3.05) is 20.8 Å².